The first-order valence-electron chi connectivity index (χ1n) is 10.3. The van der Waals surface area contributed by atoms with Gasteiger partial charge in [0.25, 0.3) is 0 Å². The summed E-state index contributed by atoms with van der Waals surface area (Å²) >= 11 is 0. The number of anilines is 1. The van der Waals surface area contributed by atoms with E-state index in [0.29, 0.717) is 5.92 Å². The van der Waals surface area contributed by atoms with E-state index in [1.54, 1.807) is 0 Å². The number of benzene rings is 3. The van der Waals surface area contributed by atoms with Gasteiger partial charge in [-0.25, -0.2) is 0 Å². The summed E-state index contributed by atoms with van der Waals surface area (Å²) in [5, 5.41) is 7.52. The van der Waals surface area contributed by atoms with E-state index in [1.807, 2.05) is 0 Å². The molecule has 3 aromatic carbocycles. The predicted molar refractivity (Wildman–Crippen MR) is 117 cm³/mol. The van der Waals surface area contributed by atoms with Crippen molar-refractivity contribution in [2.45, 2.75) is 39.2 Å². The minimum atomic E-state index is 0.254. The first-order chi connectivity index (χ1) is 13.7. The Bertz CT molecular complexity index is 1020. The molecule has 0 saturated carbocycles. The van der Waals surface area contributed by atoms with Crippen LogP contribution in [0.2, 0.25) is 0 Å². The Morgan fingerprint density at radius 2 is 1.61 bits per heavy atom. The van der Waals surface area contributed by atoms with Gasteiger partial charge in [-0.15, -0.1) is 0 Å². The Morgan fingerprint density at radius 1 is 0.857 bits per heavy atom. The van der Waals surface area contributed by atoms with E-state index in [-0.39, 0.29) is 6.04 Å². The molecule has 3 aromatic rings. The van der Waals surface area contributed by atoms with Crippen molar-refractivity contribution in [1.82, 2.24) is 0 Å². The Hall–Kier alpha value is -2.87. The molecule has 0 unspecified atom stereocenters. The number of nitrogens with zero attached hydrogens (tertiary/aromatic N) is 2. The number of fused-ring (bicyclic) bond motifs is 3. The number of aryl methyl sites for hydroxylation is 3. The number of hydrogen-bond acceptors (Lipinski definition) is 2. The number of hydrazone groups is 1. The van der Waals surface area contributed by atoms with Crippen LogP contribution in [0.15, 0.2) is 77.9 Å². The highest BCUT2D eigenvalue weighted by Gasteiger charge is 2.40. The van der Waals surface area contributed by atoms with Gasteiger partial charge in [-0.05, 0) is 62.4 Å². The maximum absolute atomic E-state index is 5.25. The highest BCUT2D eigenvalue weighted by atomic mass is 15.5. The van der Waals surface area contributed by atoms with Crippen LogP contribution in [0.1, 0.15) is 46.7 Å². The van der Waals surface area contributed by atoms with E-state index in [9.17, 15) is 0 Å². The van der Waals surface area contributed by atoms with E-state index < -0.39 is 0 Å². The molecule has 5 rings (SSSR count). The normalized spacial score (nSPS) is 20.9. The standard InChI is InChI=1S/C26H26N2/c1-18-11-15-21(16-12-18)26-23-10-6-7-20-14-13-19(2)17-24(20)25(23)27-28(26)22-8-4-3-5-9-22/h3-5,8-9,11-17,23,26H,6-7,10H2,1-2H3/t23-,26-/m1/s1. The molecule has 2 aliphatic rings. The Morgan fingerprint density at radius 3 is 2.39 bits per heavy atom. The van der Waals surface area contributed by atoms with Gasteiger partial charge in [-0.1, -0.05) is 65.7 Å². The van der Waals surface area contributed by atoms with E-state index in [4.69, 9.17) is 5.10 Å². The number of para-hydroxylation sites is 1. The van der Waals surface area contributed by atoms with Gasteiger partial charge in [0, 0.05) is 11.5 Å². The van der Waals surface area contributed by atoms with Gasteiger partial charge in [0.15, 0.2) is 0 Å². The molecule has 2 heteroatoms. The Kier molecular flexibility index (Phi) is 4.27. The number of rotatable bonds is 2. The summed E-state index contributed by atoms with van der Waals surface area (Å²) in [6.07, 6.45) is 3.54. The van der Waals surface area contributed by atoms with E-state index >= 15 is 0 Å². The van der Waals surface area contributed by atoms with Crippen LogP contribution < -0.4 is 5.01 Å². The molecule has 0 bridgehead atoms. The lowest BCUT2D eigenvalue weighted by atomic mass is 9.84. The van der Waals surface area contributed by atoms with Crippen LogP contribution >= 0.6 is 0 Å². The fraction of sp³-hybridized carbons (Fsp3) is 0.269. The zero-order valence-corrected chi connectivity index (χ0v) is 16.6. The molecule has 0 aromatic heterocycles. The van der Waals surface area contributed by atoms with Crippen molar-refractivity contribution in [3.05, 3.63) is 101 Å². The van der Waals surface area contributed by atoms with Crippen LogP contribution in [0.25, 0.3) is 0 Å². The summed E-state index contributed by atoms with van der Waals surface area (Å²) in [4.78, 5) is 0. The smallest absolute Gasteiger partial charge is 0.0860 e. The average Bonchev–Trinajstić information content (AvgIpc) is 3.00. The molecule has 1 heterocycles. The maximum atomic E-state index is 5.25. The largest absolute Gasteiger partial charge is 0.257 e. The molecule has 1 aliphatic heterocycles. The van der Waals surface area contributed by atoms with Crippen molar-refractivity contribution in [2.24, 2.45) is 11.0 Å². The van der Waals surface area contributed by atoms with E-state index in [1.165, 1.54) is 52.1 Å². The van der Waals surface area contributed by atoms with Crippen molar-refractivity contribution < 1.29 is 0 Å². The highest BCUT2D eigenvalue weighted by Crippen LogP contribution is 2.44. The molecule has 0 N–H and O–H groups in total. The summed E-state index contributed by atoms with van der Waals surface area (Å²) < 4.78 is 0. The molecule has 2 nitrogen and oxygen atoms in total. The fourth-order valence-corrected chi connectivity index (χ4v) is 4.72. The molecule has 2 atom stereocenters. The summed E-state index contributed by atoms with van der Waals surface area (Å²) in [6, 6.07) is 26.8. The molecular formula is C26H26N2. The molecular weight excluding hydrogens is 340 g/mol. The van der Waals surface area contributed by atoms with Gasteiger partial charge >= 0.3 is 0 Å². The fourth-order valence-electron chi connectivity index (χ4n) is 4.72. The van der Waals surface area contributed by atoms with Crippen molar-refractivity contribution in [3.8, 4) is 0 Å². The highest BCUT2D eigenvalue weighted by molar-refractivity contribution is 6.06. The van der Waals surface area contributed by atoms with Crippen LogP contribution in [0, 0.1) is 19.8 Å². The lowest BCUT2D eigenvalue weighted by Gasteiger charge is -2.28. The zero-order chi connectivity index (χ0) is 19.1. The molecule has 1 aliphatic carbocycles. The van der Waals surface area contributed by atoms with Gasteiger partial charge in [-0.2, -0.15) is 5.10 Å². The molecule has 0 spiro atoms. The molecule has 0 amide bonds. The summed E-state index contributed by atoms with van der Waals surface area (Å²) in [7, 11) is 0. The monoisotopic (exact) mass is 366 g/mol. The summed E-state index contributed by atoms with van der Waals surface area (Å²) in [5.74, 6) is 0.422. The quantitative estimate of drug-likeness (QED) is 0.525. The van der Waals surface area contributed by atoms with E-state index in [0.717, 1.165) is 6.42 Å². The SMILES string of the molecule is Cc1ccc([C@@H]2[C@@H]3CCCc4ccc(C)cc4C3=NN2c2ccccc2)cc1. The first kappa shape index (κ1) is 17.2. The maximum Gasteiger partial charge on any atom is 0.0860 e. The molecule has 0 radical (unpaired) electrons. The van der Waals surface area contributed by atoms with Gasteiger partial charge in [0.05, 0.1) is 17.4 Å². The van der Waals surface area contributed by atoms with Crippen molar-refractivity contribution in [3.63, 3.8) is 0 Å². The first-order valence-corrected chi connectivity index (χ1v) is 10.3. The second kappa shape index (κ2) is 6.94. The van der Waals surface area contributed by atoms with Gasteiger partial charge in [-0.3, -0.25) is 5.01 Å². The zero-order valence-electron chi connectivity index (χ0n) is 16.6. The van der Waals surface area contributed by atoms with Crippen LogP contribution in [0.3, 0.4) is 0 Å². The van der Waals surface area contributed by atoms with E-state index in [2.05, 4.69) is 91.7 Å². The predicted octanol–water partition coefficient (Wildman–Crippen LogP) is 6.22. The lowest BCUT2D eigenvalue weighted by molar-refractivity contribution is 0.505. The Labute approximate surface area is 167 Å². The van der Waals surface area contributed by atoms with Crippen LogP contribution in [-0.2, 0) is 6.42 Å². The molecule has 0 saturated heterocycles. The van der Waals surface area contributed by atoms with Gasteiger partial charge < -0.3 is 0 Å². The average molecular weight is 367 g/mol. The molecule has 0 fully saturated rings. The second-order valence-corrected chi connectivity index (χ2v) is 8.18. The van der Waals surface area contributed by atoms with Gasteiger partial charge in [0.2, 0.25) is 0 Å². The van der Waals surface area contributed by atoms with Crippen LogP contribution in [0.4, 0.5) is 5.69 Å². The van der Waals surface area contributed by atoms with Crippen molar-refractivity contribution >= 4 is 11.4 Å². The summed E-state index contributed by atoms with van der Waals surface area (Å²) in [5.41, 5.74) is 9.22. The third-order valence-electron chi connectivity index (χ3n) is 6.15. The Balaban J connectivity index is 1.67. The molecule has 140 valence electrons. The summed E-state index contributed by atoms with van der Waals surface area (Å²) in [6.45, 7) is 4.34. The topological polar surface area (TPSA) is 15.6 Å². The van der Waals surface area contributed by atoms with Crippen LogP contribution in [-0.4, -0.2) is 5.71 Å². The third-order valence-corrected chi connectivity index (χ3v) is 6.15. The van der Waals surface area contributed by atoms with Crippen molar-refractivity contribution in [2.75, 3.05) is 5.01 Å². The molecule has 28 heavy (non-hydrogen) atoms. The van der Waals surface area contributed by atoms with Crippen LogP contribution in [0.5, 0.6) is 0 Å². The minimum Gasteiger partial charge on any atom is -0.257 e. The third kappa shape index (κ3) is 2.93. The second-order valence-electron chi connectivity index (χ2n) is 8.18. The van der Waals surface area contributed by atoms with Gasteiger partial charge in [0.1, 0.15) is 0 Å². The minimum absolute atomic E-state index is 0.254. The lowest BCUT2D eigenvalue weighted by Crippen LogP contribution is -2.25. The van der Waals surface area contributed by atoms with Crippen molar-refractivity contribution in [1.29, 1.82) is 0 Å². The number of hydrogen-bond donors (Lipinski definition) is 0.